The molecule has 0 unspecified atom stereocenters. The van der Waals surface area contributed by atoms with E-state index in [9.17, 15) is 13.2 Å². The number of rotatable bonds is 7. The predicted molar refractivity (Wildman–Crippen MR) is 107 cm³/mol. The smallest absolute Gasteiger partial charge is 0.240 e. The summed E-state index contributed by atoms with van der Waals surface area (Å²) in [4.78, 5) is 13.9. The Morgan fingerprint density at radius 1 is 1.11 bits per heavy atom. The molecule has 0 aromatic heterocycles. The number of anilines is 1. The van der Waals surface area contributed by atoms with Crippen LogP contribution in [0.2, 0.25) is 0 Å². The highest BCUT2D eigenvalue weighted by Crippen LogP contribution is 2.27. The molecule has 3 rings (SSSR count). The summed E-state index contributed by atoms with van der Waals surface area (Å²) in [6.45, 7) is 4.98. The first-order valence-corrected chi connectivity index (χ1v) is 10.8. The van der Waals surface area contributed by atoms with Crippen LogP contribution in [0.1, 0.15) is 36.0 Å². The molecule has 0 radical (unpaired) electrons. The summed E-state index contributed by atoms with van der Waals surface area (Å²) in [5, 5.41) is 0. The number of sulfonamides is 1. The van der Waals surface area contributed by atoms with Gasteiger partial charge in [-0.3, -0.25) is 4.79 Å². The zero-order valence-electron chi connectivity index (χ0n) is 15.9. The van der Waals surface area contributed by atoms with Crippen LogP contribution in [0.15, 0.2) is 47.4 Å². The second-order valence-corrected chi connectivity index (χ2v) is 8.85. The lowest BCUT2D eigenvalue weighted by Crippen LogP contribution is -2.26. The lowest BCUT2D eigenvalue weighted by molar-refractivity contribution is -0.117. The molecule has 5 nitrogen and oxygen atoms in total. The van der Waals surface area contributed by atoms with Gasteiger partial charge in [0.05, 0.1) is 4.90 Å². The predicted octanol–water partition coefficient (Wildman–Crippen LogP) is 3.34. The highest BCUT2D eigenvalue weighted by Gasteiger charge is 2.24. The van der Waals surface area contributed by atoms with Crippen LogP contribution in [-0.2, 0) is 21.2 Å². The van der Waals surface area contributed by atoms with Crippen molar-refractivity contribution in [1.29, 1.82) is 0 Å². The van der Waals surface area contributed by atoms with Crippen LogP contribution in [0.3, 0.4) is 0 Å². The fraction of sp³-hybridized carbons (Fsp3) is 0.381. The summed E-state index contributed by atoms with van der Waals surface area (Å²) in [5.74, 6) is 0.1000. The normalized spacial score (nSPS) is 14.7. The molecule has 6 heteroatoms. The van der Waals surface area contributed by atoms with Gasteiger partial charge < -0.3 is 4.90 Å². The maximum atomic E-state index is 12.6. The van der Waals surface area contributed by atoms with E-state index >= 15 is 0 Å². The minimum atomic E-state index is -3.55. The SMILES string of the molecule is Cc1cccc(CCCNS(=O)(=O)c2ccc(N3CCCC3=O)c(C)c2)c1. The third-order valence-electron chi connectivity index (χ3n) is 4.86. The Bertz CT molecular complexity index is 938. The van der Waals surface area contributed by atoms with Gasteiger partial charge in [0, 0.05) is 25.2 Å². The minimum absolute atomic E-state index is 0.1000. The molecule has 0 saturated carbocycles. The first-order chi connectivity index (χ1) is 12.9. The number of hydrogen-bond acceptors (Lipinski definition) is 3. The lowest BCUT2D eigenvalue weighted by atomic mass is 10.1. The van der Waals surface area contributed by atoms with Crippen LogP contribution in [0.25, 0.3) is 0 Å². The van der Waals surface area contributed by atoms with E-state index in [4.69, 9.17) is 0 Å². The van der Waals surface area contributed by atoms with Gasteiger partial charge in [-0.25, -0.2) is 13.1 Å². The van der Waals surface area contributed by atoms with Crippen molar-refractivity contribution >= 4 is 21.6 Å². The Kier molecular flexibility index (Phi) is 5.97. The molecule has 1 aliphatic rings. The van der Waals surface area contributed by atoms with Crippen molar-refractivity contribution in [3.05, 3.63) is 59.2 Å². The number of carbonyl (C=O) groups is 1. The largest absolute Gasteiger partial charge is 0.312 e. The Morgan fingerprint density at radius 3 is 2.59 bits per heavy atom. The maximum Gasteiger partial charge on any atom is 0.240 e. The van der Waals surface area contributed by atoms with Gasteiger partial charge in [0.2, 0.25) is 15.9 Å². The first-order valence-electron chi connectivity index (χ1n) is 9.33. The van der Waals surface area contributed by atoms with E-state index < -0.39 is 10.0 Å². The molecular weight excluding hydrogens is 360 g/mol. The van der Waals surface area contributed by atoms with E-state index in [0.29, 0.717) is 19.5 Å². The molecule has 1 N–H and O–H groups in total. The van der Waals surface area contributed by atoms with Crippen molar-refractivity contribution in [3.8, 4) is 0 Å². The topological polar surface area (TPSA) is 66.5 Å². The highest BCUT2D eigenvalue weighted by atomic mass is 32.2. The van der Waals surface area contributed by atoms with E-state index in [0.717, 1.165) is 30.5 Å². The van der Waals surface area contributed by atoms with Crippen molar-refractivity contribution in [2.45, 2.75) is 44.4 Å². The van der Waals surface area contributed by atoms with Gasteiger partial charge in [0.25, 0.3) is 0 Å². The molecule has 1 aliphatic heterocycles. The summed E-state index contributed by atoms with van der Waals surface area (Å²) < 4.78 is 27.8. The Hall–Kier alpha value is -2.18. The number of carbonyl (C=O) groups excluding carboxylic acids is 1. The Labute approximate surface area is 161 Å². The average molecular weight is 387 g/mol. The summed E-state index contributed by atoms with van der Waals surface area (Å²) in [7, 11) is -3.55. The zero-order valence-corrected chi connectivity index (χ0v) is 16.7. The van der Waals surface area contributed by atoms with Gasteiger partial charge >= 0.3 is 0 Å². The lowest BCUT2D eigenvalue weighted by Gasteiger charge is -2.19. The summed E-state index contributed by atoms with van der Waals surface area (Å²) >= 11 is 0. The van der Waals surface area contributed by atoms with Gasteiger partial charge in [-0.05, 0) is 62.4 Å². The quantitative estimate of drug-likeness (QED) is 0.742. The van der Waals surface area contributed by atoms with E-state index in [2.05, 4.69) is 16.9 Å². The van der Waals surface area contributed by atoms with Crippen LogP contribution in [0, 0.1) is 13.8 Å². The monoisotopic (exact) mass is 386 g/mol. The average Bonchev–Trinajstić information content (AvgIpc) is 3.04. The molecule has 144 valence electrons. The molecule has 1 saturated heterocycles. The number of hydrogen-bond donors (Lipinski definition) is 1. The molecular formula is C21H26N2O3S. The van der Waals surface area contributed by atoms with Crippen LogP contribution in [0.4, 0.5) is 5.69 Å². The van der Waals surface area contributed by atoms with Gasteiger partial charge in [-0.15, -0.1) is 0 Å². The minimum Gasteiger partial charge on any atom is -0.312 e. The van der Waals surface area contributed by atoms with E-state index in [1.54, 1.807) is 23.1 Å². The molecule has 27 heavy (non-hydrogen) atoms. The summed E-state index contributed by atoms with van der Waals surface area (Å²) in [5.41, 5.74) is 4.02. The van der Waals surface area contributed by atoms with Crippen LogP contribution >= 0.6 is 0 Å². The molecule has 0 atom stereocenters. The Morgan fingerprint density at radius 2 is 1.93 bits per heavy atom. The summed E-state index contributed by atoms with van der Waals surface area (Å²) in [6.07, 6.45) is 2.98. The second kappa shape index (κ2) is 8.23. The zero-order chi connectivity index (χ0) is 19.4. The molecule has 1 amide bonds. The fourth-order valence-corrected chi connectivity index (χ4v) is 4.61. The van der Waals surface area contributed by atoms with Crippen LogP contribution < -0.4 is 9.62 Å². The van der Waals surface area contributed by atoms with E-state index in [1.807, 2.05) is 26.0 Å². The van der Waals surface area contributed by atoms with Crippen molar-refractivity contribution in [3.63, 3.8) is 0 Å². The van der Waals surface area contributed by atoms with Crippen molar-refractivity contribution in [2.24, 2.45) is 0 Å². The highest BCUT2D eigenvalue weighted by molar-refractivity contribution is 7.89. The molecule has 1 fully saturated rings. The number of nitrogens with zero attached hydrogens (tertiary/aromatic N) is 1. The van der Waals surface area contributed by atoms with Crippen LogP contribution in [-0.4, -0.2) is 27.4 Å². The van der Waals surface area contributed by atoms with Crippen molar-refractivity contribution in [2.75, 3.05) is 18.0 Å². The standard InChI is InChI=1S/C21H26N2O3S/c1-16-6-3-7-18(14-16)8-4-12-22-27(25,26)19-10-11-20(17(2)15-19)23-13-5-9-21(23)24/h3,6-7,10-11,14-15,22H,4-5,8-9,12-13H2,1-2H3. The third kappa shape index (κ3) is 4.76. The number of nitrogens with one attached hydrogen (secondary N) is 1. The van der Waals surface area contributed by atoms with Crippen molar-refractivity contribution in [1.82, 2.24) is 4.72 Å². The van der Waals surface area contributed by atoms with Crippen molar-refractivity contribution < 1.29 is 13.2 Å². The first kappa shape index (κ1) is 19.6. The maximum absolute atomic E-state index is 12.6. The van der Waals surface area contributed by atoms with E-state index in [-0.39, 0.29) is 10.8 Å². The fourth-order valence-electron chi connectivity index (χ4n) is 3.45. The Balaban J connectivity index is 1.61. The van der Waals surface area contributed by atoms with Crippen LogP contribution in [0.5, 0.6) is 0 Å². The molecule has 0 aliphatic carbocycles. The molecule has 2 aromatic carbocycles. The van der Waals surface area contributed by atoms with Gasteiger partial charge in [-0.1, -0.05) is 29.8 Å². The number of aryl methyl sites for hydroxylation is 3. The molecule has 0 spiro atoms. The number of amides is 1. The van der Waals surface area contributed by atoms with E-state index in [1.165, 1.54) is 11.1 Å². The third-order valence-corrected chi connectivity index (χ3v) is 6.32. The van der Waals surface area contributed by atoms with Gasteiger partial charge in [0.15, 0.2) is 0 Å². The summed E-state index contributed by atoms with van der Waals surface area (Å²) in [6, 6.07) is 13.2. The van der Waals surface area contributed by atoms with Gasteiger partial charge in [0.1, 0.15) is 0 Å². The second-order valence-electron chi connectivity index (χ2n) is 7.09. The van der Waals surface area contributed by atoms with Gasteiger partial charge in [-0.2, -0.15) is 0 Å². The number of benzene rings is 2. The molecule has 2 aromatic rings. The molecule has 1 heterocycles. The molecule has 0 bridgehead atoms.